The van der Waals surface area contributed by atoms with Crippen molar-refractivity contribution in [3.8, 4) is 16.9 Å². The number of fused-ring (bicyclic) bond motifs is 1. The zero-order valence-corrected chi connectivity index (χ0v) is 16.2. The predicted octanol–water partition coefficient (Wildman–Crippen LogP) is 4.69. The summed E-state index contributed by atoms with van der Waals surface area (Å²) in [5.74, 6) is -2.07. The summed E-state index contributed by atoms with van der Waals surface area (Å²) in [4.78, 5) is 17.7. The first kappa shape index (κ1) is 19.4. The highest BCUT2D eigenvalue weighted by Gasteiger charge is 2.27. The number of rotatable bonds is 3. The normalized spacial score (nSPS) is 15.1. The summed E-state index contributed by atoms with van der Waals surface area (Å²) in [6, 6.07) is 5.30. The highest BCUT2D eigenvalue weighted by molar-refractivity contribution is 6.34. The van der Waals surface area contributed by atoms with E-state index in [1.807, 2.05) is 4.57 Å². The fourth-order valence-electron chi connectivity index (χ4n) is 3.87. The maximum atomic E-state index is 15.3. The summed E-state index contributed by atoms with van der Waals surface area (Å²) in [6.07, 6.45) is 4.19. The van der Waals surface area contributed by atoms with E-state index in [1.54, 1.807) is 4.90 Å². The third kappa shape index (κ3) is 3.25. The number of carbonyl (C=O) groups is 1. The van der Waals surface area contributed by atoms with Crippen LogP contribution in [0.5, 0.6) is 5.75 Å². The molecule has 1 saturated heterocycles. The van der Waals surface area contributed by atoms with Crippen LogP contribution in [0.1, 0.15) is 18.9 Å². The van der Waals surface area contributed by atoms with E-state index in [1.165, 1.54) is 30.6 Å². The van der Waals surface area contributed by atoms with E-state index in [2.05, 4.69) is 11.6 Å². The van der Waals surface area contributed by atoms with Crippen molar-refractivity contribution in [3.05, 3.63) is 59.9 Å². The van der Waals surface area contributed by atoms with Crippen LogP contribution < -0.4 is 0 Å². The second-order valence-corrected chi connectivity index (χ2v) is 7.37. The van der Waals surface area contributed by atoms with E-state index in [0.717, 1.165) is 6.07 Å². The number of phenolic OH excluding ortho intramolecular Hbond substituents is 1. The molecule has 0 radical (unpaired) electrons. The third-order valence-electron chi connectivity index (χ3n) is 5.35. The number of imidazole rings is 1. The lowest BCUT2D eigenvalue weighted by Crippen LogP contribution is -2.37. The summed E-state index contributed by atoms with van der Waals surface area (Å²) in [5.41, 5.74) is 0.0336. The molecule has 29 heavy (non-hydrogen) atoms. The molecule has 0 spiro atoms. The maximum Gasteiger partial charge on any atom is 0.245 e. The summed E-state index contributed by atoms with van der Waals surface area (Å²) in [5, 5.41) is 10.0. The molecule has 150 valence electrons. The van der Waals surface area contributed by atoms with Crippen LogP contribution in [0.2, 0.25) is 5.02 Å². The number of hydrogen-bond donors (Lipinski definition) is 1. The molecular formula is C21H18ClF2N3O2. The number of aromatic hydroxyl groups is 1. The Morgan fingerprint density at radius 1 is 1.28 bits per heavy atom. The molecule has 1 amide bonds. The second-order valence-electron chi connectivity index (χ2n) is 6.96. The fraction of sp³-hybridized carbons (Fsp3) is 0.238. The van der Waals surface area contributed by atoms with Crippen molar-refractivity contribution in [2.24, 2.45) is 0 Å². The minimum absolute atomic E-state index is 0.0172. The van der Waals surface area contributed by atoms with Gasteiger partial charge in [0.2, 0.25) is 5.91 Å². The summed E-state index contributed by atoms with van der Waals surface area (Å²) in [7, 11) is 0. The number of likely N-dealkylation sites (tertiary alicyclic amines) is 1. The Balaban J connectivity index is 1.74. The Hall–Kier alpha value is -2.93. The summed E-state index contributed by atoms with van der Waals surface area (Å²) in [6.45, 7) is 4.63. The van der Waals surface area contributed by atoms with Crippen molar-refractivity contribution in [2.45, 2.75) is 18.9 Å². The SMILES string of the molecule is C=CC(=O)N1CCC(n2cnc3c(F)c(-c4c(O)cccc4F)c(Cl)cc32)CC1. The Morgan fingerprint density at radius 3 is 2.66 bits per heavy atom. The number of halogens is 3. The molecule has 1 aliphatic rings. The van der Waals surface area contributed by atoms with E-state index in [0.29, 0.717) is 31.4 Å². The number of aromatic nitrogens is 2. The van der Waals surface area contributed by atoms with Gasteiger partial charge in [-0.2, -0.15) is 0 Å². The van der Waals surface area contributed by atoms with Gasteiger partial charge in [-0.25, -0.2) is 13.8 Å². The van der Waals surface area contributed by atoms with Gasteiger partial charge in [0.05, 0.1) is 22.4 Å². The van der Waals surface area contributed by atoms with Crippen LogP contribution in [0.4, 0.5) is 8.78 Å². The number of nitrogens with zero attached hydrogens (tertiary/aromatic N) is 3. The predicted molar refractivity (Wildman–Crippen MR) is 107 cm³/mol. The largest absolute Gasteiger partial charge is 0.507 e. The molecule has 1 aliphatic heterocycles. The van der Waals surface area contributed by atoms with Crippen LogP contribution in [-0.2, 0) is 4.79 Å². The quantitative estimate of drug-likeness (QED) is 0.629. The van der Waals surface area contributed by atoms with Gasteiger partial charge < -0.3 is 14.6 Å². The van der Waals surface area contributed by atoms with Gasteiger partial charge in [-0.15, -0.1) is 0 Å². The first-order chi connectivity index (χ1) is 13.9. The highest BCUT2D eigenvalue weighted by atomic mass is 35.5. The Kier molecular flexibility index (Phi) is 5.00. The molecule has 2 heterocycles. The van der Waals surface area contributed by atoms with Crippen LogP contribution in [-0.4, -0.2) is 38.6 Å². The van der Waals surface area contributed by atoms with Crippen LogP contribution in [0, 0.1) is 11.6 Å². The molecule has 0 atom stereocenters. The fourth-order valence-corrected chi connectivity index (χ4v) is 4.15. The van der Waals surface area contributed by atoms with Crippen LogP contribution in [0.25, 0.3) is 22.2 Å². The summed E-state index contributed by atoms with van der Waals surface area (Å²) < 4.78 is 31.4. The molecule has 1 aromatic heterocycles. The van der Waals surface area contributed by atoms with Crippen LogP contribution in [0.15, 0.2) is 43.2 Å². The summed E-state index contributed by atoms with van der Waals surface area (Å²) >= 11 is 6.32. The van der Waals surface area contributed by atoms with Gasteiger partial charge in [0.25, 0.3) is 0 Å². The zero-order chi connectivity index (χ0) is 20.7. The molecule has 5 nitrogen and oxygen atoms in total. The molecule has 0 unspecified atom stereocenters. The van der Waals surface area contributed by atoms with Crippen molar-refractivity contribution in [1.29, 1.82) is 0 Å². The molecule has 2 aromatic carbocycles. The molecule has 1 N–H and O–H groups in total. The lowest BCUT2D eigenvalue weighted by Gasteiger charge is -2.32. The number of hydrogen-bond acceptors (Lipinski definition) is 3. The van der Waals surface area contributed by atoms with Crippen molar-refractivity contribution in [2.75, 3.05) is 13.1 Å². The van der Waals surface area contributed by atoms with E-state index in [-0.39, 0.29) is 33.6 Å². The average Bonchev–Trinajstić information content (AvgIpc) is 3.13. The molecule has 0 aliphatic carbocycles. The average molecular weight is 418 g/mol. The molecule has 0 saturated carbocycles. The molecule has 0 bridgehead atoms. The second kappa shape index (κ2) is 7.48. The zero-order valence-electron chi connectivity index (χ0n) is 15.4. The highest BCUT2D eigenvalue weighted by Crippen LogP contribution is 2.41. The smallest absolute Gasteiger partial charge is 0.245 e. The topological polar surface area (TPSA) is 58.4 Å². The molecule has 4 rings (SSSR count). The van der Waals surface area contributed by atoms with Crippen molar-refractivity contribution in [3.63, 3.8) is 0 Å². The molecule has 1 fully saturated rings. The lowest BCUT2D eigenvalue weighted by atomic mass is 10.0. The van der Waals surface area contributed by atoms with Gasteiger partial charge in [-0.05, 0) is 37.1 Å². The number of benzene rings is 2. The van der Waals surface area contributed by atoms with E-state index >= 15 is 4.39 Å². The van der Waals surface area contributed by atoms with Gasteiger partial charge in [0, 0.05) is 24.7 Å². The Labute approximate surface area is 170 Å². The number of piperidine rings is 1. The first-order valence-electron chi connectivity index (χ1n) is 9.16. The number of carbonyl (C=O) groups excluding carboxylic acids is 1. The van der Waals surface area contributed by atoms with Crippen molar-refractivity contribution in [1.82, 2.24) is 14.5 Å². The maximum absolute atomic E-state index is 15.3. The first-order valence-corrected chi connectivity index (χ1v) is 9.54. The van der Waals surface area contributed by atoms with Crippen LogP contribution >= 0.6 is 11.6 Å². The van der Waals surface area contributed by atoms with Gasteiger partial charge in [-0.3, -0.25) is 4.79 Å². The molecule has 8 heteroatoms. The van der Waals surface area contributed by atoms with Crippen molar-refractivity contribution >= 4 is 28.5 Å². The Morgan fingerprint density at radius 2 is 2.00 bits per heavy atom. The molecular weight excluding hydrogens is 400 g/mol. The van der Waals surface area contributed by atoms with Gasteiger partial charge in [0.1, 0.15) is 17.1 Å². The molecule has 3 aromatic rings. The van der Waals surface area contributed by atoms with Gasteiger partial charge >= 0.3 is 0 Å². The number of amides is 1. The minimum atomic E-state index is -0.786. The minimum Gasteiger partial charge on any atom is -0.507 e. The standard InChI is InChI=1S/C21H18ClF2N3O2/c1-2-17(29)26-8-6-12(7-9-26)27-11-25-21-15(27)10-13(22)18(20(21)24)19-14(23)4-3-5-16(19)28/h2-5,10-12,28H,1,6-9H2. The van der Waals surface area contributed by atoms with Crippen LogP contribution in [0.3, 0.4) is 0 Å². The van der Waals surface area contributed by atoms with Gasteiger partial charge in [0.15, 0.2) is 5.82 Å². The van der Waals surface area contributed by atoms with Crippen molar-refractivity contribution < 1.29 is 18.7 Å². The van der Waals surface area contributed by atoms with E-state index in [9.17, 15) is 14.3 Å². The lowest BCUT2D eigenvalue weighted by molar-refractivity contribution is -0.127. The van der Waals surface area contributed by atoms with Gasteiger partial charge in [-0.1, -0.05) is 24.2 Å². The van der Waals surface area contributed by atoms with E-state index in [4.69, 9.17) is 11.6 Å². The monoisotopic (exact) mass is 417 g/mol. The van der Waals surface area contributed by atoms with E-state index < -0.39 is 17.4 Å². The number of phenols is 1. The Bertz CT molecular complexity index is 1100. The third-order valence-corrected chi connectivity index (χ3v) is 5.65.